The zero-order valence-corrected chi connectivity index (χ0v) is 17.1. The number of aromatic nitrogens is 1. The highest BCUT2D eigenvalue weighted by molar-refractivity contribution is 7.92. The first-order valence-electron chi connectivity index (χ1n) is 8.82. The maximum Gasteiger partial charge on any atom is 0.264 e. The Morgan fingerprint density at radius 2 is 1.61 bits per heavy atom. The fraction of sp³-hybridized carbons (Fsp3) is 0.238. The largest absolute Gasteiger partial charge is 0.361 e. The number of benzene rings is 2. The molecule has 3 rings (SSSR count). The van der Waals surface area contributed by atoms with E-state index in [0.717, 1.165) is 5.56 Å². The number of aryl methyl sites for hydroxylation is 3. The average Bonchev–Trinajstić information content (AvgIpc) is 2.98. The number of hydrogen-bond donors (Lipinski definition) is 0. The summed E-state index contributed by atoms with van der Waals surface area (Å²) < 4.78 is 33.4. The Labute approximate surface area is 164 Å². The van der Waals surface area contributed by atoms with Crippen molar-refractivity contribution in [1.29, 1.82) is 0 Å². The molecule has 6 nitrogen and oxygen atoms in total. The van der Waals surface area contributed by atoms with E-state index in [2.05, 4.69) is 5.16 Å². The molecule has 0 spiro atoms. The maximum absolute atomic E-state index is 13.4. The van der Waals surface area contributed by atoms with Crippen molar-refractivity contribution in [2.24, 2.45) is 0 Å². The number of sulfonamides is 1. The van der Waals surface area contributed by atoms with E-state index in [4.69, 9.17) is 4.52 Å². The summed E-state index contributed by atoms with van der Waals surface area (Å²) in [6, 6.07) is 13.2. The molecule has 28 heavy (non-hydrogen) atoms. The Morgan fingerprint density at radius 3 is 2.11 bits per heavy atom. The van der Waals surface area contributed by atoms with Crippen LogP contribution in [0.3, 0.4) is 0 Å². The van der Waals surface area contributed by atoms with E-state index in [9.17, 15) is 13.2 Å². The van der Waals surface area contributed by atoms with E-state index in [1.807, 2.05) is 6.92 Å². The van der Waals surface area contributed by atoms with Crippen molar-refractivity contribution in [2.45, 2.75) is 39.1 Å². The third-order valence-electron chi connectivity index (χ3n) is 4.65. The van der Waals surface area contributed by atoms with Gasteiger partial charge in [-0.3, -0.25) is 9.10 Å². The van der Waals surface area contributed by atoms with Crippen molar-refractivity contribution in [2.75, 3.05) is 4.31 Å². The van der Waals surface area contributed by atoms with Crippen molar-refractivity contribution in [3.63, 3.8) is 0 Å². The number of Topliss-reactive ketones (excluding diaryl/α,β-unsaturated/α-hetero) is 1. The molecule has 0 N–H and O–H groups in total. The van der Waals surface area contributed by atoms with E-state index in [1.54, 1.807) is 62.4 Å². The number of carbonyl (C=O) groups is 1. The lowest BCUT2D eigenvalue weighted by atomic mass is 10.1. The Kier molecular flexibility index (Phi) is 5.38. The van der Waals surface area contributed by atoms with Gasteiger partial charge < -0.3 is 4.52 Å². The van der Waals surface area contributed by atoms with Gasteiger partial charge in [-0.15, -0.1) is 0 Å². The smallest absolute Gasteiger partial charge is 0.264 e. The molecule has 0 saturated heterocycles. The molecule has 0 amide bonds. The molecule has 0 radical (unpaired) electrons. The van der Waals surface area contributed by atoms with Gasteiger partial charge in [0, 0.05) is 11.1 Å². The van der Waals surface area contributed by atoms with Crippen LogP contribution >= 0.6 is 0 Å². The first-order chi connectivity index (χ1) is 13.2. The van der Waals surface area contributed by atoms with E-state index < -0.39 is 10.0 Å². The van der Waals surface area contributed by atoms with Gasteiger partial charge in [0.2, 0.25) is 0 Å². The summed E-state index contributed by atoms with van der Waals surface area (Å²) in [4.78, 5) is 11.8. The van der Waals surface area contributed by atoms with Gasteiger partial charge in [-0.05, 0) is 64.1 Å². The van der Waals surface area contributed by atoms with Crippen LogP contribution in [0, 0.1) is 20.8 Å². The first kappa shape index (κ1) is 19.8. The molecular weight excluding hydrogens is 376 g/mol. The maximum atomic E-state index is 13.4. The van der Waals surface area contributed by atoms with Gasteiger partial charge in [-0.2, -0.15) is 0 Å². The van der Waals surface area contributed by atoms with Gasteiger partial charge in [-0.1, -0.05) is 22.9 Å². The number of hydrogen-bond acceptors (Lipinski definition) is 5. The predicted octanol–water partition coefficient (Wildman–Crippen LogP) is 4.20. The summed E-state index contributed by atoms with van der Waals surface area (Å²) in [7, 11) is -3.83. The highest BCUT2D eigenvalue weighted by Crippen LogP contribution is 2.28. The van der Waals surface area contributed by atoms with Gasteiger partial charge in [-0.25, -0.2) is 8.42 Å². The SMILES string of the molecule is CC(=O)c1ccc(N(Cc2c(C)noc2C)S(=O)(=O)c2ccc(C)cc2)cc1. The molecule has 1 heterocycles. The molecule has 0 bridgehead atoms. The molecule has 0 saturated carbocycles. The summed E-state index contributed by atoms with van der Waals surface area (Å²) in [6.07, 6.45) is 0. The standard InChI is InChI=1S/C21H22N2O4S/c1-14-5-11-20(12-6-14)28(25,26)23(13-21-15(2)22-27-17(21)4)19-9-7-18(8-10-19)16(3)24/h5-12H,13H2,1-4H3. The second-order valence-electron chi connectivity index (χ2n) is 6.73. The van der Waals surface area contributed by atoms with Gasteiger partial charge in [0.1, 0.15) is 5.76 Å². The van der Waals surface area contributed by atoms with E-state index in [0.29, 0.717) is 28.3 Å². The van der Waals surface area contributed by atoms with E-state index in [-0.39, 0.29) is 17.2 Å². The third-order valence-corrected chi connectivity index (χ3v) is 6.44. The van der Waals surface area contributed by atoms with Crippen LogP contribution < -0.4 is 4.31 Å². The quantitative estimate of drug-likeness (QED) is 0.582. The molecule has 0 aliphatic heterocycles. The Morgan fingerprint density at radius 1 is 1.00 bits per heavy atom. The molecule has 7 heteroatoms. The fourth-order valence-corrected chi connectivity index (χ4v) is 4.32. The average molecular weight is 398 g/mol. The molecule has 0 unspecified atom stereocenters. The van der Waals surface area contributed by atoms with Crippen LogP contribution in [0.2, 0.25) is 0 Å². The van der Waals surface area contributed by atoms with Gasteiger partial charge in [0.25, 0.3) is 10.0 Å². The molecule has 0 aliphatic rings. The summed E-state index contributed by atoms with van der Waals surface area (Å²) in [5, 5.41) is 3.93. The molecule has 2 aromatic carbocycles. The number of ketones is 1. The number of rotatable bonds is 6. The van der Waals surface area contributed by atoms with Crippen molar-refractivity contribution in [3.8, 4) is 0 Å². The minimum absolute atomic E-state index is 0.0785. The number of nitrogens with zero attached hydrogens (tertiary/aromatic N) is 2. The van der Waals surface area contributed by atoms with Crippen molar-refractivity contribution in [3.05, 3.63) is 76.7 Å². The zero-order valence-electron chi connectivity index (χ0n) is 16.3. The number of carbonyl (C=O) groups excluding carboxylic acids is 1. The summed E-state index contributed by atoms with van der Waals surface area (Å²) in [5.74, 6) is 0.493. The van der Waals surface area contributed by atoms with Crippen molar-refractivity contribution < 1.29 is 17.7 Å². The zero-order chi connectivity index (χ0) is 20.5. The minimum atomic E-state index is -3.83. The Hall–Kier alpha value is -2.93. The minimum Gasteiger partial charge on any atom is -0.361 e. The highest BCUT2D eigenvalue weighted by atomic mass is 32.2. The Balaban J connectivity index is 2.10. The Bertz CT molecular complexity index is 1080. The lowest BCUT2D eigenvalue weighted by Crippen LogP contribution is -2.31. The monoisotopic (exact) mass is 398 g/mol. The highest BCUT2D eigenvalue weighted by Gasteiger charge is 2.27. The second kappa shape index (κ2) is 7.59. The first-order valence-corrected chi connectivity index (χ1v) is 10.3. The van der Waals surface area contributed by atoms with Crippen LogP contribution in [0.4, 0.5) is 5.69 Å². The summed E-state index contributed by atoms with van der Waals surface area (Å²) in [5.41, 5.74) is 3.31. The van der Waals surface area contributed by atoms with Crippen LogP contribution in [0.25, 0.3) is 0 Å². The van der Waals surface area contributed by atoms with Crippen molar-refractivity contribution >= 4 is 21.5 Å². The van der Waals surface area contributed by atoms with E-state index >= 15 is 0 Å². The van der Waals surface area contributed by atoms with Gasteiger partial charge in [0.05, 0.1) is 22.8 Å². The lowest BCUT2D eigenvalue weighted by Gasteiger charge is -2.25. The molecule has 0 atom stereocenters. The predicted molar refractivity (Wildman–Crippen MR) is 107 cm³/mol. The van der Waals surface area contributed by atoms with Crippen LogP contribution in [0.5, 0.6) is 0 Å². The molecule has 0 aliphatic carbocycles. The van der Waals surface area contributed by atoms with Crippen LogP contribution in [-0.2, 0) is 16.6 Å². The molecule has 1 aromatic heterocycles. The topological polar surface area (TPSA) is 80.5 Å². The normalized spacial score (nSPS) is 11.4. The van der Waals surface area contributed by atoms with Crippen LogP contribution in [0.1, 0.15) is 39.9 Å². The van der Waals surface area contributed by atoms with Crippen LogP contribution in [0.15, 0.2) is 57.9 Å². The third kappa shape index (κ3) is 3.84. The lowest BCUT2D eigenvalue weighted by molar-refractivity contribution is 0.101. The fourth-order valence-electron chi connectivity index (χ4n) is 2.89. The molecular formula is C21H22N2O4S. The molecule has 146 valence electrons. The molecule has 3 aromatic rings. The summed E-state index contributed by atoms with van der Waals surface area (Å²) in [6.45, 7) is 6.99. The molecule has 0 fully saturated rings. The van der Waals surface area contributed by atoms with Crippen molar-refractivity contribution in [1.82, 2.24) is 5.16 Å². The van der Waals surface area contributed by atoms with E-state index in [1.165, 1.54) is 11.2 Å². The number of anilines is 1. The van der Waals surface area contributed by atoms with Crippen LogP contribution in [-0.4, -0.2) is 19.4 Å². The van der Waals surface area contributed by atoms with Gasteiger partial charge >= 0.3 is 0 Å². The second-order valence-corrected chi connectivity index (χ2v) is 8.59. The summed E-state index contributed by atoms with van der Waals surface area (Å²) >= 11 is 0. The van der Waals surface area contributed by atoms with Gasteiger partial charge in [0.15, 0.2) is 5.78 Å².